The summed E-state index contributed by atoms with van der Waals surface area (Å²) in [4.78, 5) is 5.09. The smallest absolute Gasteiger partial charge is 0.125 e. The van der Waals surface area contributed by atoms with Crippen molar-refractivity contribution >= 4 is 0 Å². The Bertz CT molecular complexity index is 1310. The van der Waals surface area contributed by atoms with E-state index in [0.29, 0.717) is 36.9 Å². The normalized spacial score (nSPS) is 25.8. The first-order valence-corrected chi connectivity index (χ1v) is 20.7. The minimum atomic E-state index is -0.234. The van der Waals surface area contributed by atoms with Crippen LogP contribution in [0.1, 0.15) is 138 Å². The lowest BCUT2D eigenvalue weighted by Crippen LogP contribution is -2.48. The third-order valence-corrected chi connectivity index (χ3v) is 11.9. The highest BCUT2D eigenvalue weighted by Crippen LogP contribution is 2.43. The van der Waals surface area contributed by atoms with Gasteiger partial charge >= 0.3 is 0 Å². The lowest BCUT2D eigenvalue weighted by Gasteiger charge is -2.46. The molecule has 8 nitrogen and oxygen atoms in total. The van der Waals surface area contributed by atoms with E-state index in [4.69, 9.17) is 9.47 Å². The minimum absolute atomic E-state index is 0.0000136. The zero-order valence-electron chi connectivity index (χ0n) is 33.2. The van der Waals surface area contributed by atoms with Crippen LogP contribution in [0.25, 0.3) is 0 Å². The van der Waals surface area contributed by atoms with Crippen LogP contribution in [0.5, 0.6) is 11.5 Å². The number of nitrogens with zero attached hydrogens (tertiary/aromatic N) is 2. The molecule has 0 radical (unpaired) electrons. The molecular formula is C44H70N2O6. The van der Waals surface area contributed by atoms with Crippen LogP contribution in [0, 0.1) is 23.7 Å². The quantitative estimate of drug-likeness (QED) is 0.150. The van der Waals surface area contributed by atoms with Crippen LogP contribution in [-0.2, 0) is 26.1 Å². The number of hydrogen-bond donors (Lipinski definition) is 4. The van der Waals surface area contributed by atoms with E-state index in [-0.39, 0.29) is 37.5 Å². The zero-order chi connectivity index (χ0) is 37.4. The topological polar surface area (TPSA) is 106 Å². The van der Waals surface area contributed by atoms with Crippen molar-refractivity contribution in [3.63, 3.8) is 0 Å². The molecule has 0 amide bonds. The van der Waals surface area contributed by atoms with Crippen LogP contribution in [0.15, 0.2) is 24.3 Å². The average molecular weight is 723 g/mol. The van der Waals surface area contributed by atoms with Crippen molar-refractivity contribution in [2.75, 3.05) is 39.4 Å². The SMILES string of the molecule is CCCCOc1cc2c(cc1CO)[C@H]1C[C@@H](O)[C@H](CC(C)C)CN1CC2.CCCCOc1cc2c(cc1CO)[C@H]1C[C@@H](O)[C@H](CC(C)C)CN1CC2. The first kappa shape index (κ1) is 41.0. The number of aliphatic hydroxyl groups is 4. The van der Waals surface area contributed by atoms with Gasteiger partial charge in [-0.1, -0.05) is 54.4 Å². The van der Waals surface area contributed by atoms with E-state index in [0.717, 1.165) is 113 Å². The lowest BCUT2D eigenvalue weighted by molar-refractivity contribution is -0.0192. The Morgan fingerprint density at radius 1 is 0.654 bits per heavy atom. The second kappa shape index (κ2) is 19.4. The van der Waals surface area contributed by atoms with E-state index in [1.54, 1.807) is 0 Å². The molecule has 4 aliphatic heterocycles. The molecule has 0 aromatic heterocycles. The Kier molecular flexibility index (Phi) is 15.3. The van der Waals surface area contributed by atoms with Crippen molar-refractivity contribution in [1.82, 2.24) is 9.80 Å². The largest absolute Gasteiger partial charge is 0.493 e. The first-order chi connectivity index (χ1) is 25.1. The summed E-state index contributed by atoms with van der Waals surface area (Å²) in [6.07, 6.45) is 9.61. The van der Waals surface area contributed by atoms with Gasteiger partial charge < -0.3 is 29.9 Å². The number of rotatable bonds is 14. The summed E-state index contributed by atoms with van der Waals surface area (Å²) >= 11 is 0. The summed E-state index contributed by atoms with van der Waals surface area (Å²) in [7, 11) is 0. The molecule has 0 spiro atoms. The maximum Gasteiger partial charge on any atom is 0.125 e. The summed E-state index contributed by atoms with van der Waals surface area (Å²) in [5.74, 6) is 3.66. The van der Waals surface area contributed by atoms with E-state index in [2.05, 4.69) is 75.6 Å². The van der Waals surface area contributed by atoms with Gasteiger partial charge in [-0.2, -0.15) is 0 Å². The average Bonchev–Trinajstić information content (AvgIpc) is 3.12. The van der Waals surface area contributed by atoms with E-state index in [9.17, 15) is 20.4 Å². The van der Waals surface area contributed by atoms with Crippen molar-refractivity contribution in [1.29, 1.82) is 0 Å². The fourth-order valence-electron chi connectivity index (χ4n) is 9.18. The molecular weight excluding hydrogens is 652 g/mol. The van der Waals surface area contributed by atoms with E-state index in [1.165, 1.54) is 22.3 Å². The van der Waals surface area contributed by atoms with Crippen molar-refractivity contribution in [2.45, 2.75) is 143 Å². The Hall–Kier alpha value is -2.20. The van der Waals surface area contributed by atoms with Gasteiger partial charge in [0.15, 0.2) is 0 Å². The fraction of sp³-hybridized carbons (Fsp3) is 0.727. The summed E-state index contributed by atoms with van der Waals surface area (Å²) in [6.45, 7) is 18.7. The number of benzene rings is 2. The molecule has 4 aliphatic rings. The number of piperidine rings is 2. The number of unbranched alkanes of at least 4 members (excludes halogenated alkanes) is 2. The highest BCUT2D eigenvalue weighted by Gasteiger charge is 2.40. The van der Waals surface area contributed by atoms with Crippen LogP contribution in [-0.4, -0.2) is 81.8 Å². The molecule has 292 valence electrons. The summed E-state index contributed by atoms with van der Waals surface area (Å²) in [6, 6.07) is 9.08. The van der Waals surface area contributed by atoms with Gasteiger partial charge in [0, 0.05) is 49.4 Å². The number of fused-ring (bicyclic) bond motifs is 6. The van der Waals surface area contributed by atoms with Gasteiger partial charge in [-0.25, -0.2) is 0 Å². The second-order valence-corrected chi connectivity index (χ2v) is 16.9. The fourth-order valence-corrected chi connectivity index (χ4v) is 9.18. The van der Waals surface area contributed by atoms with Gasteiger partial charge in [0.25, 0.3) is 0 Å². The Morgan fingerprint density at radius 2 is 1.06 bits per heavy atom. The van der Waals surface area contributed by atoms with Gasteiger partial charge in [0.1, 0.15) is 11.5 Å². The predicted molar refractivity (Wildman–Crippen MR) is 209 cm³/mol. The van der Waals surface area contributed by atoms with Crippen LogP contribution in [0.4, 0.5) is 0 Å². The van der Waals surface area contributed by atoms with Crippen molar-refractivity contribution in [2.24, 2.45) is 23.7 Å². The Labute approximate surface area is 314 Å². The molecule has 6 rings (SSSR count). The van der Waals surface area contributed by atoms with Crippen molar-refractivity contribution in [3.8, 4) is 11.5 Å². The number of hydrogen-bond acceptors (Lipinski definition) is 8. The minimum Gasteiger partial charge on any atom is -0.493 e. The predicted octanol–water partition coefficient (Wildman–Crippen LogP) is 7.37. The molecule has 2 fully saturated rings. The lowest BCUT2D eigenvalue weighted by atomic mass is 9.79. The molecule has 0 bridgehead atoms. The molecule has 2 aromatic carbocycles. The first-order valence-electron chi connectivity index (χ1n) is 20.7. The molecule has 52 heavy (non-hydrogen) atoms. The van der Waals surface area contributed by atoms with E-state index >= 15 is 0 Å². The summed E-state index contributed by atoms with van der Waals surface area (Å²) < 4.78 is 11.9. The third-order valence-electron chi connectivity index (χ3n) is 11.9. The maximum absolute atomic E-state index is 10.7. The van der Waals surface area contributed by atoms with E-state index in [1.807, 2.05) is 0 Å². The maximum atomic E-state index is 10.7. The molecule has 4 N–H and O–H groups in total. The molecule has 8 heteroatoms. The Morgan fingerprint density at radius 3 is 1.40 bits per heavy atom. The van der Waals surface area contributed by atoms with Gasteiger partial charge in [0.05, 0.1) is 38.6 Å². The Balaban J connectivity index is 0.000000201. The molecule has 0 saturated carbocycles. The number of aliphatic hydroxyl groups excluding tert-OH is 4. The van der Waals surface area contributed by atoms with Gasteiger partial charge in [-0.05, 0) is 122 Å². The highest BCUT2D eigenvalue weighted by atomic mass is 16.5. The van der Waals surface area contributed by atoms with Crippen molar-refractivity contribution < 1.29 is 29.9 Å². The van der Waals surface area contributed by atoms with Gasteiger partial charge in [0.2, 0.25) is 0 Å². The zero-order valence-corrected chi connectivity index (χ0v) is 33.2. The summed E-state index contributed by atoms with van der Waals surface area (Å²) in [5.41, 5.74) is 6.96. The number of ether oxygens (including phenoxy) is 2. The molecule has 0 unspecified atom stereocenters. The van der Waals surface area contributed by atoms with Crippen LogP contribution >= 0.6 is 0 Å². The highest BCUT2D eigenvalue weighted by molar-refractivity contribution is 5.46. The molecule has 4 heterocycles. The van der Waals surface area contributed by atoms with Crippen molar-refractivity contribution in [3.05, 3.63) is 57.6 Å². The second-order valence-electron chi connectivity index (χ2n) is 16.9. The summed E-state index contributed by atoms with van der Waals surface area (Å²) in [5, 5.41) is 41.1. The standard InChI is InChI=1S/2C22H35NO3/c2*1-4-5-8-26-22-11-16-6-7-23-13-17(9-15(2)3)21(25)12-20(23)19(16)10-18(22)14-24/h2*10-11,15,17,20-21,24-25H,4-9,12-14H2,1-3H3/t2*17-,20-,21-/m11/s1. The van der Waals surface area contributed by atoms with Crippen LogP contribution < -0.4 is 9.47 Å². The molecule has 6 atom stereocenters. The molecule has 2 saturated heterocycles. The van der Waals surface area contributed by atoms with Crippen LogP contribution in [0.2, 0.25) is 0 Å². The third kappa shape index (κ3) is 10.1. The van der Waals surface area contributed by atoms with Crippen LogP contribution in [0.3, 0.4) is 0 Å². The van der Waals surface area contributed by atoms with Gasteiger partial charge in [-0.3, -0.25) is 9.80 Å². The molecule has 0 aliphatic carbocycles. The van der Waals surface area contributed by atoms with E-state index < -0.39 is 0 Å². The molecule has 2 aromatic rings. The van der Waals surface area contributed by atoms with Gasteiger partial charge in [-0.15, -0.1) is 0 Å². The monoisotopic (exact) mass is 723 g/mol.